The van der Waals surface area contributed by atoms with Crippen molar-refractivity contribution in [2.75, 3.05) is 19.6 Å². The van der Waals surface area contributed by atoms with Gasteiger partial charge in [-0.1, -0.05) is 5.16 Å². The molecule has 1 unspecified atom stereocenters. The molecule has 3 aromatic rings. The number of rotatable bonds is 7. The van der Waals surface area contributed by atoms with Gasteiger partial charge in [0.25, 0.3) is 0 Å². The topological polar surface area (TPSA) is 102 Å². The van der Waals surface area contributed by atoms with Crippen LogP contribution in [0.2, 0.25) is 0 Å². The Morgan fingerprint density at radius 3 is 2.74 bits per heavy atom. The Bertz CT molecular complexity index is 1000. The van der Waals surface area contributed by atoms with E-state index in [0.29, 0.717) is 43.8 Å². The van der Waals surface area contributed by atoms with Crippen LogP contribution >= 0.6 is 0 Å². The second-order valence-corrected chi connectivity index (χ2v) is 7.89. The largest absolute Gasteiger partial charge is 0.367 e. The highest BCUT2D eigenvalue weighted by Crippen LogP contribution is 2.17. The quantitative estimate of drug-likeness (QED) is 0.562. The average Bonchev–Trinajstić information content (AvgIpc) is 3.34. The monoisotopic (exact) mass is 425 g/mol. The van der Waals surface area contributed by atoms with Crippen molar-refractivity contribution in [2.24, 2.45) is 0 Å². The summed E-state index contributed by atoms with van der Waals surface area (Å²) in [7, 11) is 0. The molecule has 1 saturated heterocycles. The molecule has 0 spiro atoms. The van der Waals surface area contributed by atoms with Crippen LogP contribution in [0.15, 0.2) is 41.3 Å². The third-order valence-corrected chi connectivity index (χ3v) is 5.17. The van der Waals surface area contributed by atoms with Crippen molar-refractivity contribution in [3.8, 4) is 5.95 Å². The summed E-state index contributed by atoms with van der Waals surface area (Å²) in [6.07, 6.45) is 5.18. The number of hydrogen-bond acceptors (Lipinski definition) is 8. The van der Waals surface area contributed by atoms with Crippen LogP contribution in [0.5, 0.6) is 0 Å². The molecule has 3 aromatic heterocycles. The normalized spacial score (nSPS) is 18.0. The van der Waals surface area contributed by atoms with Gasteiger partial charge in [-0.15, -0.1) is 0 Å². The first-order chi connectivity index (χ1) is 15.0. The van der Waals surface area contributed by atoms with Gasteiger partial charge in [-0.3, -0.25) is 14.3 Å². The highest BCUT2D eigenvalue weighted by molar-refractivity contribution is 5.79. The Hall–Kier alpha value is -3.11. The first-order valence-electron chi connectivity index (χ1n) is 10.4. The Labute approximate surface area is 180 Å². The van der Waals surface area contributed by atoms with Crippen LogP contribution < -0.4 is 0 Å². The number of aryl methyl sites for hydroxylation is 1. The molecule has 0 aliphatic carbocycles. The van der Waals surface area contributed by atoms with Crippen LogP contribution in [-0.2, 0) is 22.7 Å². The van der Waals surface area contributed by atoms with E-state index in [1.807, 2.05) is 41.6 Å². The first kappa shape index (κ1) is 21.1. The van der Waals surface area contributed by atoms with Gasteiger partial charge in [-0.2, -0.15) is 4.98 Å². The number of hydrogen-bond donors (Lipinski definition) is 0. The molecular formula is C21H27N7O3. The molecule has 1 atom stereocenters. The first-order valence-corrected chi connectivity index (χ1v) is 10.4. The predicted octanol–water partition coefficient (Wildman–Crippen LogP) is 1.60. The Balaban J connectivity index is 1.50. The van der Waals surface area contributed by atoms with Gasteiger partial charge in [0.05, 0.1) is 12.6 Å². The van der Waals surface area contributed by atoms with E-state index in [4.69, 9.17) is 9.26 Å². The minimum atomic E-state index is -0.177. The number of ether oxygens (including phenoxy) is 1. The van der Waals surface area contributed by atoms with E-state index in [9.17, 15) is 4.79 Å². The lowest BCUT2D eigenvalue weighted by Gasteiger charge is -2.27. The molecule has 4 heterocycles. The second kappa shape index (κ2) is 9.36. The Morgan fingerprint density at radius 1 is 1.23 bits per heavy atom. The highest BCUT2D eigenvalue weighted by atomic mass is 16.5. The van der Waals surface area contributed by atoms with E-state index < -0.39 is 0 Å². The van der Waals surface area contributed by atoms with Crippen LogP contribution in [0.25, 0.3) is 5.95 Å². The Morgan fingerprint density at radius 2 is 2.03 bits per heavy atom. The molecule has 10 heteroatoms. The van der Waals surface area contributed by atoms with Crippen LogP contribution in [0.1, 0.15) is 31.3 Å². The van der Waals surface area contributed by atoms with Gasteiger partial charge >= 0.3 is 0 Å². The van der Waals surface area contributed by atoms with E-state index in [1.54, 1.807) is 25.4 Å². The lowest BCUT2D eigenvalue weighted by Crippen LogP contribution is -2.42. The maximum absolute atomic E-state index is 12.9. The van der Waals surface area contributed by atoms with E-state index in [2.05, 4.69) is 25.0 Å². The van der Waals surface area contributed by atoms with Crippen molar-refractivity contribution in [3.63, 3.8) is 0 Å². The maximum atomic E-state index is 12.9. The lowest BCUT2D eigenvalue weighted by atomic mass is 10.2. The molecular weight excluding hydrogens is 398 g/mol. The molecule has 0 bridgehead atoms. The van der Waals surface area contributed by atoms with E-state index in [1.165, 1.54) is 0 Å². The van der Waals surface area contributed by atoms with Crippen LogP contribution in [-0.4, -0.2) is 72.2 Å². The number of carbonyl (C=O) groups excluding carboxylic acids is 1. The summed E-state index contributed by atoms with van der Waals surface area (Å²) < 4.78 is 13.1. The zero-order chi connectivity index (χ0) is 21.8. The summed E-state index contributed by atoms with van der Waals surface area (Å²) in [6, 6.07) is 5.85. The molecule has 1 aliphatic heterocycles. The van der Waals surface area contributed by atoms with Crippen molar-refractivity contribution in [3.05, 3.63) is 54.2 Å². The fourth-order valence-corrected chi connectivity index (χ4v) is 3.72. The van der Waals surface area contributed by atoms with Gasteiger partial charge in [0.2, 0.25) is 17.7 Å². The molecule has 0 radical (unpaired) electrons. The minimum absolute atomic E-state index is 0.0885. The standard InChI is InChI=1S/C21H27N7O3/c1-15(2)28-12-18(30-14-19-24-16(3)31-25-19)11-26(13-20(28)29)10-17-6-4-9-27(17)21-22-7-5-8-23-21/h4-9,15,18H,10-14H2,1-3H3. The SMILES string of the molecule is Cc1nc(COC2CN(Cc3cccn3-c3ncccn3)CC(=O)N(C(C)C)C2)no1. The van der Waals surface area contributed by atoms with Gasteiger partial charge in [0.1, 0.15) is 6.61 Å². The lowest BCUT2D eigenvalue weighted by molar-refractivity contribution is -0.133. The third-order valence-electron chi connectivity index (χ3n) is 5.17. The molecule has 164 valence electrons. The average molecular weight is 425 g/mol. The van der Waals surface area contributed by atoms with Gasteiger partial charge in [0.15, 0.2) is 5.82 Å². The van der Waals surface area contributed by atoms with Gasteiger partial charge in [0, 0.05) is 56.9 Å². The van der Waals surface area contributed by atoms with Crippen molar-refractivity contribution in [1.29, 1.82) is 0 Å². The van der Waals surface area contributed by atoms with Gasteiger partial charge in [-0.25, -0.2) is 9.97 Å². The second-order valence-electron chi connectivity index (χ2n) is 7.89. The zero-order valence-electron chi connectivity index (χ0n) is 18.0. The Kier molecular flexibility index (Phi) is 6.38. The van der Waals surface area contributed by atoms with Crippen molar-refractivity contribution in [1.82, 2.24) is 34.5 Å². The molecule has 10 nitrogen and oxygen atoms in total. The van der Waals surface area contributed by atoms with E-state index >= 15 is 0 Å². The number of nitrogens with zero attached hydrogens (tertiary/aromatic N) is 7. The summed E-state index contributed by atoms with van der Waals surface area (Å²) in [5, 5.41) is 3.90. The van der Waals surface area contributed by atoms with E-state index in [-0.39, 0.29) is 24.7 Å². The van der Waals surface area contributed by atoms with Crippen molar-refractivity contribution < 1.29 is 14.1 Å². The fraction of sp³-hybridized carbons (Fsp3) is 0.476. The van der Waals surface area contributed by atoms with Crippen LogP contribution in [0, 0.1) is 6.92 Å². The van der Waals surface area contributed by atoms with Crippen molar-refractivity contribution >= 4 is 5.91 Å². The summed E-state index contributed by atoms with van der Waals surface area (Å²) in [5.41, 5.74) is 1.00. The number of aromatic nitrogens is 5. The molecule has 1 fully saturated rings. The molecule has 1 amide bonds. The molecule has 4 rings (SSSR count). The van der Waals surface area contributed by atoms with Gasteiger partial charge < -0.3 is 14.2 Å². The zero-order valence-corrected chi connectivity index (χ0v) is 18.0. The number of carbonyl (C=O) groups is 1. The van der Waals surface area contributed by atoms with Crippen LogP contribution in [0.4, 0.5) is 0 Å². The third kappa shape index (κ3) is 5.15. The predicted molar refractivity (Wildman–Crippen MR) is 111 cm³/mol. The molecule has 0 N–H and O–H groups in total. The fourth-order valence-electron chi connectivity index (χ4n) is 3.72. The summed E-state index contributed by atoms with van der Waals surface area (Å²) in [6.45, 7) is 8.04. The van der Waals surface area contributed by atoms with E-state index in [0.717, 1.165) is 5.69 Å². The summed E-state index contributed by atoms with van der Waals surface area (Å²) in [5.74, 6) is 1.70. The minimum Gasteiger partial charge on any atom is -0.367 e. The van der Waals surface area contributed by atoms with Crippen molar-refractivity contribution in [2.45, 2.75) is 46.1 Å². The molecule has 0 aromatic carbocycles. The highest BCUT2D eigenvalue weighted by Gasteiger charge is 2.30. The van der Waals surface area contributed by atoms with Gasteiger partial charge in [-0.05, 0) is 32.0 Å². The maximum Gasteiger partial charge on any atom is 0.237 e. The molecule has 0 saturated carbocycles. The number of amides is 1. The molecule has 1 aliphatic rings. The van der Waals surface area contributed by atoms with Crippen LogP contribution in [0.3, 0.4) is 0 Å². The summed E-state index contributed by atoms with van der Waals surface area (Å²) >= 11 is 0. The smallest absolute Gasteiger partial charge is 0.237 e. The molecule has 31 heavy (non-hydrogen) atoms. The summed E-state index contributed by atoms with van der Waals surface area (Å²) in [4.78, 5) is 29.8.